The Morgan fingerprint density at radius 3 is 2.74 bits per heavy atom. The van der Waals surface area contributed by atoms with Crippen LogP contribution in [0.1, 0.15) is 20.9 Å². The monoisotopic (exact) mass is 326 g/mol. The molecule has 7 heteroatoms. The second-order valence-corrected chi connectivity index (χ2v) is 5.78. The zero-order valence-corrected chi connectivity index (χ0v) is 13.2. The molecule has 0 saturated heterocycles. The Morgan fingerprint density at radius 1 is 1.22 bits per heavy atom. The van der Waals surface area contributed by atoms with Crippen molar-refractivity contribution in [3.63, 3.8) is 0 Å². The van der Waals surface area contributed by atoms with E-state index in [1.165, 1.54) is 17.5 Å². The average Bonchev–Trinajstić information content (AvgIpc) is 3.03. The molecule has 0 aliphatic heterocycles. The number of pyridine rings is 1. The van der Waals surface area contributed by atoms with Crippen LogP contribution in [0.5, 0.6) is 5.75 Å². The normalized spacial score (nSPS) is 10.3. The maximum Gasteiger partial charge on any atom is 0.259 e. The van der Waals surface area contributed by atoms with Gasteiger partial charge in [0.15, 0.2) is 0 Å². The van der Waals surface area contributed by atoms with Crippen LogP contribution in [0.25, 0.3) is 0 Å². The summed E-state index contributed by atoms with van der Waals surface area (Å²) >= 11 is 1.35. The molecule has 1 amide bonds. The van der Waals surface area contributed by atoms with Crippen molar-refractivity contribution in [2.75, 3.05) is 12.4 Å². The summed E-state index contributed by atoms with van der Waals surface area (Å²) in [7, 11) is 1.64. The lowest BCUT2D eigenvalue weighted by Crippen LogP contribution is -2.11. The summed E-state index contributed by atoms with van der Waals surface area (Å²) in [6, 6.07) is 11.2. The van der Waals surface area contributed by atoms with Gasteiger partial charge in [0, 0.05) is 18.8 Å². The van der Waals surface area contributed by atoms with Crippen molar-refractivity contribution in [1.82, 2.24) is 15.2 Å². The van der Waals surface area contributed by atoms with E-state index in [-0.39, 0.29) is 5.91 Å². The molecule has 0 atom stereocenters. The van der Waals surface area contributed by atoms with Crippen LogP contribution in [0.4, 0.5) is 5.13 Å². The number of ether oxygens (including phenoxy) is 1. The molecule has 3 rings (SSSR count). The fraction of sp³-hybridized carbons (Fsp3) is 0.125. The fourth-order valence-electron chi connectivity index (χ4n) is 1.96. The highest BCUT2D eigenvalue weighted by molar-refractivity contribution is 7.15. The van der Waals surface area contributed by atoms with Crippen molar-refractivity contribution in [1.29, 1.82) is 0 Å². The molecule has 116 valence electrons. The molecule has 1 N–H and O–H groups in total. The highest BCUT2D eigenvalue weighted by Crippen LogP contribution is 2.20. The predicted octanol–water partition coefficient (Wildman–Crippen LogP) is 2.78. The van der Waals surface area contributed by atoms with Gasteiger partial charge in [0.2, 0.25) is 5.13 Å². The first-order valence-electron chi connectivity index (χ1n) is 6.91. The van der Waals surface area contributed by atoms with Crippen LogP contribution in [-0.4, -0.2) is 28.2 Å². The second-order valence-electron chi connectivity index (χ2n) is 4.72. The third-order valence-corrected chi connectivity index (χ3v) is 3.96. The number of carbonyl (C=O) groups excluding carboxylic acids is 1. The summed E-state index contributed by atoms with van der Waals surface area (Å²) in [5, 5.41) is 12.1. The van der Waals surface area contributed by atoms with E-state index in [9.17, 15) is 4.79 Å². The van der Waals surface area contributed by atoms with Gasteiger partial charge in [0.25, 0.3) is 5.91 Å². The van der Waals surface area contributed by atoms with Gasteiger partial charge in [-0.05, 0) is 29.8 Å². The lowest BCUT2D eigenvalue weighted by Gasteiger charge is -2.01. The van der Waals surface area contributed by atoms with Crippen LogP contribution < -0.4 is 10.1 Å². The second kappa shape index (κ2) is 6.97. The zero-order valence-electron chi connectivity index (χ0n) is 12.4. The Labute approximate surface area is 137 Å². The van der Waals surface area contributed by atoms with Crippen molar-refractivity contribution in [3.05, 3.63) is 64.9 Å². The van der Waals surface area contributed by atoms with E-state index in [1.54, 1.807) is 25.4 Å². The van der Waals surface area contributed by atoms with E-state index >= 15 is 0 Å². The Kier molecular flexibility index (Phi) is 4.58. The number of amides is 1. The van der Waals surface area contributed by atoms with Crippen LogP contribution in [0.2, 0.25) is 0 Å². The van der Waals surface area contributed by atoms with Gasteiger partial charge in [-0.2, -0.15) is 0 Å². The standard InChI is InChI=1S/C16H14N4O2S/c1-22-13-6-4-11(5-7-13)9-14-19-20-16(23-14)18-15(21)12-3-2-8-17-10-12/h2-8,10H,9H2,1H3,(H,18,20,21). The Hall–Kier alpha value is -2.80. The van der Waals surface area contributed by atoms with Gasteiger partial charge in [0.05, 0.1) is 12.7 Å². The van der Waals surface area contributed by atoms with Crippen molar-refractivity contribution >= 4 is 22.4 Å². The van der Waals surface area contributed by atoms with Gasteiger partial charge in [-0.3, -0.25) is 15.1 Å². The van der Waals surface area contributed by atoms with Crippen LogP contribution in [0.3, 0.4) is 0 Å². The largest absolute Gasteiger partial charge is 0.497 e. The van der Waals surface area contributed by atoms with Gasteiger partial charge >= 0.3 is 0 Å². The van der Waals surface area contributed by atoms with Crippen LogP contribution >= 0.6 is 11.3 Å². The number of nitrogens with zero attached hydrogens (tertiary/aromatic N) is 3. The van der Waals surface area contributed by atoms with Crippen molar-refractivity contribution in [2.24, 2.45) is 0 Å². The van der Waals surface area contributed by atoms with E-state index < -0.39 is 0 Å². The number of nitrogens with one attached hydrogen (secondary N) is 1. The van der Waals surface area contributed by atoms with Gasteiger partial charge < -0.3 is 4.74 Å². The smallest absolute Gasteiger partial charge is 0.259 e. The van der Waals surface area contributed by atoms with E-state index in [2.05, 4.69) is 20.5 Å². The number of carbonyl (C=O) groups is 1. The van der Waals surface area contributed by atoms with Crippen LogP contribution in [0, 0.1) is 0 Å². The van der Waals surface area contributed by atoms with E-state index in [0.717, 1.165) is 16.3 Å². The third kappa shape index (κ3) is 3.89. The van der Waals surface area contributed by atoms with E-state index in [0.29, 0.717) is 17.1 Å². The molecule has 3 aromatic rings. The molecule has 0 unspecified atom stereocenters. The van der Waals surface area contributed by atoms with Crippen molar-refractivity contribution in [2.45, 2.75) is 6.42 Å². The summed E-state index contributed by atoms with van der Waals surface area (Å²) in [5.74, 6) is 0.570. The number of rotatable bonds is 5. The molecule has 0 bridgehead atoms. The molecular weight excluding hydrogens is 312 g/mol. The molecule has 0 aliphatic rings. The van der Waals surface area contributed by atoms with Crippen LogP contribution in [0.15, 0.2) is 48.8 Å². The first-order valence-corrected chi connectivity index (χ1v) is 7.73. The maximum atomic E-state index is 12.0. The Balaban J connectivity index is 1.64. The summed E-state index contributed by atoms with van der Waals surface area (Å²) < 4.78 is 5.13. The molecule has 2 heterocycles. The highest BCUT2D eigenvalue weighted by Gasteiger charge is 2.10. The van der Waals surface area contributed by atoms with Crippen molar-refractivity contribution < 1.29 is 9.53 Å². The van der Waals surface area contributed by atoms with E-state index in [4.69, 9.17) is 4.74 Å². The van der Waals surface area contributed by atoms with Gasteiger partial charge in [-0.25, -0.2) is 0 Å². The number of hydrogen-bond donors (Lipinski definition) is 1. The zero-order chi connectivity index (χ0) is 16.1. The lowest BCUT2D eigenvalue weighted by atomic mass is 10.1. The molecule has 0 fully saturated rings. The minimum atomic E-state index is -0.245. The van der Waals surface area contributed by atoms with Crippen molar-refractivity contribution in [3.8, 4) is 5.75 Å². The molecule has 0 radical (unpaired) electrons. The number of hydrogen-bond acceptors (Lipinski definition) is 6. The summed E-state index contributed by atoms with van der Waals surface area (Å²) in [5.41, 5.74) is 1.59. The topological polar surface area (TPSA) is 77.0 Å². The van der Waals surface area contributed by atoms with Gasteiger partial charge in [-0.15, -0.1) is 10.2 Å². The lowest BCUT2D eigenvalue weighted by molar-refractivity contribution is 0.102. The molecule has 23 heavy (non-hydrogen) atoms. The maximum absolute atomic E-state index is 12.0. The van der Waals surface area contributed by atoms with Gasteiger partial charge in [0.1, 0.15) is 10.8 Å². The van der Waals surface area contributed by atoms with Gasteiger partial charge in [-0.1, -0.05) is 23.5 Å². The number of aromatic nitrogens is 3. The first kappa shape index (κ1) is 15.1. The fourth-order valence-corrected chi connectivity index (χ4v) is 2.73. The number of methoxy groups -OCH3 is 1. The average molecular weight is 326 g/mol. The summed E-state index contributed by atoms with van der Waals surface area (Å²) in [4.78, 5) is 15.9. The minimum absolute atomic E-state index is 0.245. The molecular formula is C16H14N4O2S. The van der Waals surface area contributed by atoms with E-state index in [1.807, 2.05) is 24.3 Å². The summed E-state index contributed by atoms with van der Waals surface area (Å²) in [6.45, 7) is 0. The molecule has 2 aromatic heterocycles. The first-order chi connectivity index (χ1) is 11.2. The molecule has 6 nitrogen and oxygen atoms in total. The number of benzene rings is 1. The minimum Gasteiger partial charge on any atom is -0.497 e. The molecule has 1 aromatic carbocycles. The molecule has 0 aliphatic carbocycles. The van der Waals surface area contributed by atoms with Crippen LogP contribution in [-0.2, 0) is 6.42 Å². The predicted molar refractivity (Wildman–Crippen MR) is 87.9 cm³/mol. The third-order valence-electron chi connectivity index (χ3n) is 3.13. The molecule has 0 spiro atoms. The quantitative estimate of drug-likeness (QED) is 0.780. The molecule has 0 saturated carbocycles. The SMILES string of the molecule is COc1ccc(Cc2nnc(NC(=O)c3cccnc3)s2)cc1. The number of anilines is 1. The Morgan fingerprint density at radius 2 is 2.04 bits per heavy atom. The highest BCUT2D eigenvalue weighted by atomic mass is 32.1. The Bertz CT molecular complexity index is 787. The summed E-state index contributed by atoms with van der Waals surface area (Å²) in [6.07, 6.45) is 3.79.